The van der Waals surface area contributed by atoms with Gasteiger partial charge in [-0.3, -0.25) is 4.79 Å². The molecule has 5 heteroatoms. The van der Waals surface area contributed by atoms with Crippen molar-refractivity contribution < 1.29 is 19.4 Å². The number of hydrogen-bond donors (Lipinski definition) is 1. The number of ether oxygens (including phenoxy) is 2. The molecule has 0 saturated carbocycles. The van der Waals surface area contributed by atoms with Crippen LogP contribution in [0.25, 0.3) is 0 Å². The molecule has 0 aromatic carbocycles. The molecule has 0 aliphatic carbocycles. The Hall–Kier alpha value is -1.07. The third-order valence-electron chi connectivity index (χ3n) is 4.31. The second kappa shape index (κ2) is 7.80. The summed E-state index contributed by atoms with van der Waals surface area (Å²) in [7, 11) is 0. The Bertz CT molecular complexity index is 376. The molecule has 120 valence electrons. The monoisotopic (exact) mass is 297 g/mol. The zero-order chi connectivity index (χ0) is 15.2. The van der Waals surface area contributed by atoms with E-state index in [4.69, 9.17) is 14.6 Å². The molecule has 2 rings (SSSR count). The average molecular weight is 297 g/mol. The van der Waals surface area contributed by atoms with Crippen LogP contribution in [0, 0.1) is 11.8 Å². The van der Waals surface area contributed by atoms with Gasteiger partial charge in [-0.05, 0) is 44.6 Å². The molecule has 1 saturated heterocycles. The van der Waals surface area contributed by atoms with Crippen molar-refractivity contribution in [2.45, 2.75) is 45.8 Å². The minimum Gasteiger partial charge on any atom is -0.459 e. The second-order valence-corrected chi connectivity index (χ2v) is 5.86. The summed E-state index contributed by atoms with van der Waals surface area (Å²) in [5.41, 5.74) is 0. The van der Waals surface area contributed by atoms with Gasteiger partial charge in [-0.25, -0.2) is 0 Å². The fourth-order valence-electron chi connectivity index (χ4n) is 3.11. The number of rotatable bonds is 6. The van der Waals surface area contributed by atoms with Crippen LogP contribution in [0.15, 0.2) is 11.8 Å². The molecule has 0 radical (unpaired) electrons. The Kier molecular flexibility index (Phi) is 6.06. The van der Waals surface area contributed by atoms with E-state index in [0.717, 1.165) is 38.8 Å². The van der Waals surface area contributed by atoms with Gasteiger partial charge in [-0.15, -0.1) is 0 Å². The van der Waals surface area contributed by atoms with Gasteiger partial charge in [0.1, 0.15) is 0 Å². The van der Waals surface area contributed by atoms with Crippen molar-refractivity contribution in [1.82, 2.24) is 4.90 Å². The molecule has 1 amide bonds. The van der Waals surface area contributed by atoms with Gasteiger partial charge < -0.3 is 19.5 Å². The fraction of sp³-hybridized carbons (Fsp3) is 0.812. The topological polar surface area (TPSA) is 59.0 Å². The molecule has 1 N–H and O–H groups in total. The van der Waals surface area contributed by atoms with E-state index in [1.165, 1.54) is 0 Å². The molecule has 5 nitrogen and oxygen atoms in total. The summed E-state index contributed by atoms with van der Waals surface area (Å²) >= 11 is 0. The van der Waals surface area contributed by atoms with Gasteiger partial charge in [0.25, 0.3) is 5.91 Å². The first-order valence-corrected chi connectivity index (χ1v) is 8.07. The lowest BCUT2D eigenvalue weighted by molar-refractivity contribution is -0.174. The third kappa shape index (κ3) is 3.98. The van der Waals surface area contributed by atoms with Crippen molar-refractivity contribution in [3.63, 3.8) is 0 Å². The number of carbonyl (C=O) groups excluding carboxylic acids is 1. The minimum absolute atomic E-state index is 0.00957. The highest BCUT2D eigenvalue weighted by atomic mass is 16.7. The molecule has 21 heavy (non-hydrogen) atoms. The fourth-order valence-corrected chi connectivity index (χ4v) is 3.11. The van der Waals surface area contributed by atoms with E-state index in [1.807, 2.05) is 17.9 Å². The van der Waals surface area contributed by atoms with Gasteiger partial charge >= 0.3 is 0 Å². The maximum absolute atomic E-state index is 12.5. The molecule has 2 aliphatic rings. The number of amides is 1. The summed E-state index contributed by atoms with van der Waals surface area (Å²) in [6, 6.07) is 0. The average Bonchev–Trinajstić information content (AvgIpc) is 3.00. The van der Waals surface area contributed by atoms with Crippen LogP contribution in [0.2, 0.25) is 0 Å². The predicted octanol–water partition coefficient (Wildman–Crippen LogP) is 1.91. The first-order chi connectivity index (χ1) is 10.2. The Morgan fingerprint density at radius 1 is 1.48 bits per heavy atom. The molecular formula is C16H27NO4. The van der Waals surface area contributed by atoms with Crippen LogP contribution < -0.4 is 0 Å². The van der Waals surface area contributed by atoms with Crippen molar-refractivity contribution in [3.8, 4) is 0 Å². The smallest absolute Gasteiger partial charge is 0.288 e. The molecule has 0 aromatic heterocycles. The first kappa shape index (κ1) is 16.3. The van der Waals surface area contributed by atoms with Crippen molar-refractivity contribution >= 4 is 5.91 Å². The highest BCUT2D eigenvalue weighted by molar-refractivity contribution is 5.91. The van der Waals surface area contributed by atoms with Gasteiger partial charge in [-0.2, -0.15) is 0 Å². The highest BCUT2D eigenvalue weighted by Gasteiger charge is 2.36. The number of aliphatic hydroxyl groups is 1. The van der Waals surface area contributed by atoms with E-state index < -0.39 is 0 Å². The van der Waals surface area contributed by atoms with E-state index in [9.17, 15) is 4.79 Å². The number of carbonyl (C=O) groups is 1. The highest BCUT2D eigenvalue weighted by Crippen LogP contribution is 2.33. The lowest BCUT2D eigenvalue weighted by atomic mass is 9.86. The van der Waals surface area contributed by atoms with Crippen LogP contribution in [-0.2, 0) is 14.3 Å². The zero-order valence-electron chi connectivity index (χ0n) is 13.1. The van der Waals surface area contributed by atoms with Gasteiger partial charge in [0.05, 0.1) is 0 Å². The quantitative estimate of drug-likeness (QED) is 0.813. The summed E-state index contributed by atoms with van der Waals surface area (Å²) in [5, 5.41) is 9.03. The summed E-state index contributed by atoms with van der Waals surface area (Å²) in [5.74, 6) is 0.823. The van der Waals surface area contributed by atoms with Crippen LogP contribution in [0.3, 0.4) is 0 Å². The molecule has 0 aromatic rings. The lowest BCUT2D eigenvalue weighted by Crippen LogP contribution is -2.39. The zero-order valence-corrected chi connectivity index (χ0v) is 13.1. The molecule has 0 unspecified atom stereocenters. The van der Waals surface area contributed by atoms with Crippen molar-refractivity contribution in [2.24, 2.45) is 11.8 Å². The van der Waals surface area contributed by atoms with Crippen LogP contribution >= 0.6 is 0 Å². The number of likely N-dealkylation sites (tertiary alicyclic amines) is 1. The third-order valence-corrected chi connectivity index (χ3v) is 4.31. The maximum Gasteiger partial charge on any atom is 0.288 e. The molecule has 0 bridgehead atoms. The normalized spacial score (nSPS) is 29.2. The number of allylic oxidation sites excluding steroid dienone is 1. The van der Waals surface area contributed by atoms with Crippen molar-refractivity contribution in [3.05, 3.63) is 11.8 Å². The lowest BCUT2D eigenvalue weighted by Gasteiger charge is -2.36. The number of nitrogens with zero attached hydrogens (tertiary/aromatic N) is 1. The predicted molar refractivity (Wildman–Crippen MR) is 79.4 cm³/mol. The van der Waals surface area contributed by atoms with E-state index in [0.29, 0.717) is 12.4 Å². The van der Waals surface area contributed by atoms with Gasteiger partial charge in [0, 0.05) is 32.2 Å². The maximum atomic E-state index is 12.5. The SMILES string of the molecule is CCO[C@@H]1OC(C(=O)N2CCCC2)=C[C@H](C)[C@@H]1CCCO. The van der Waals surface area contributed by atoms with Crippen LogP contribution in [-0.4, -0.2) is 48.5 Å². The Morgan fingerprint density at radius 2 is 2.19 bits per heavy atom. The number of hydrogen-bond acceptors (Lipinski definition) is 4. The molecule has 0 spiro atoms. The van der Waals surface area contributed by atoms with E-state index in [-0.39, 0.29) is 30.6 Å². The van der Waals surface area contributed by atoms with Crippen LogP contribution in [0.1, 0.15) is 39.5 Å². The van der Waals surface area contributed by atoms with Gasteiger partial charge in [0.15, 0.2) is 5.76 Å². The second-order valence-electron chi connectivity index (χ2n) is 5.86. The van der Waals surface area contributed by atoms with Crippen LogP contribution in [0.4, 0.5) is 0 Å². The molecule has 2 aliphatic heterocycles. The standard InChI is InChI=1S/C16H27NO4/c1-3-20-16-13(7-6-10-18)12(2)11-14(21-16)15(19)17-8-4-5-9-17/h11-13,16,18H,3-10H2,1-2H3/t12-,13-,16+/m0/s1. The van der Waals surface area contributed by atoms with Crippen LogP contribution in [0.5, 0.6) is 0 Å². The minimum atomic E-state index is -0.386. The van der Waals surface area contributed by atoms with Crippen molar-refractivity contribution in [2.75, 3.05) is 26.3 Å². The van der Waals surface area contributed by atoms with E-state index in [1.54, 1.807) is 0 Å². The summed E-state index contributed by atoms with van der Waals surface area (Å²) < 4.78 is 11.5. The molecule has 3 atom stereocenters. The van der Waals surface area contributed by atoms with Gasteiger partial charge in [-0.1, -0.05) is 6.92 Å². The Morgan fingerprint density at radius 3 is 2.81 bits per heavy atom. The summed E-state index contributed by atoms with van der Waals surface area (Å²) in [4.78, 5) is 14.3. The largest absolute Gasteiger partial charge is 0.459 e. The summed E-state index contributed by atoms with van der Waals surface area (Å²) in [6.07, 6.45) is 5.25. The molecule has 1 fully saturated rings. The van der Waals surface area contributed by atoms with Gasteiger partial charge in [0.2, 0.25) is 6.29 Å². The van der Waals surface area contributed by atoms with E-state index >= 15 is 0 Å². The van der Waals surface area contributed by atoms with Crippen molar-refractivity contribution in [1.29, 1.82) is 0 Å². The van der Waals surface area contributed by atoms with E-state index in [2.05, 4.69) is 6.92 Å². The first-order valence-electron chi connectivity index (χ1n) is 8.07. The number of aliphatic hydroxyl groups excluding tert-OH is 1. The molecule has 2 heterocycles. The molecular weight excluding hydrogens is 270 g/mol. The Labute approximate surface area is 126 Å². The summed E-state index contributed by atoms with van der Waals surface area (Å²) in [6.45, 7) is 6.39. The Balaban J connectivity index is 2.07.